The Morgan fingerprint density at radius 3 is 2.60 bits per heavy atom. The van der Waals surface area contributed by atoms with Crippen molar-refractivity contribution in [1.29, 1.82) is 0 Å². The van der Waals surface area contributed by atoms with E-state index >= 15 is 0 Å². The van der Waals surface area contributed by atoms with Crippen molar-refractivity contribution >= 4 is 0 Å². The molecular formula is C18H28N2. The molecule has 0 radical (unpaired) electrons. The molecule has 2 atom stereocenters. The minimum absolute atomic E-state index is 0.576. The lowest BCUT2D eigenvalue weighted by atomic mass is 9.96. The van der Waals surface area contributed by atoms with Gasteiger partial charge in [-0.15, -0.1) is 0 Å². The fourth-order valence-corrected chi connectivity index (χ4v) is 4.01. The maximum Gasteiger partial charge on any atom is 0.0476 e. The zero-order valence-corrected chi connectivity index (χ0v) is 12.7. The first kappa shape index (κ1) is 14.1. The van der Waals surface area contributed by atoms with E-state index < -0.39 is 0 Å². The highest BCUT2D eigenvalue weighted by atomic mass is 15.3. The highest BCUT2D eigenvalue weighted by molar-refractivity contribution is 5.20. The minimum Gasteiger partial charge on any atom is -0.311 e. The molecule has 3 rings (SSSR count). The molecule has 1 N–H and O–H groups in total. The van der Waals surface area contributed by atoms with Crippen LogP contribution >= 0.6 is 0 Å². The SMILES string of the molecule is CCCC1CN(C2CCCC2)C(c2ccccc2)CN1. The summed E-state index contributed by atoms with van der Waals surface area (Å²) in [6.07, 6.45) is 8.25. The lowest BCUT2D eigenvalue weighted by molar-refractivity contribution is 0.0806. The third kappa shape index (κ3) is 3.07. The summed E-state index contributed by atoms with van der Waals surface area (Å²) in [5.74, 6) is 0. The average molecular weight is 272 g/mol. The van der Waals surface area contributed by atoms with Gasteiger partial charge < -0.3 is 5.32 Å². The van der Waals surface area contributed by atoms with Crippen LogP contribution in [-0.2, 0) is 0 Å². The Balaban J connectivity index is 1.77. The summed E-state index contributed by atoms with van der Waals surface area (Å²) >= 11 is 0. The molecule has 1 aliphatic heterocycles. The zero-order chi connectivity index (χ0) is 13.8. The van der Waals surface area contributed by atoms with Crippen molar-refractivity contribution in [1.82, 2.24) is 10.2 Å². The Kier molecular flexibility index (Phi) is 4.74. The molecule has 1 heterocycles. The highest BCUT2D eigenvalue weighted by Crippen LogP contribution is 2.33. The second kappa shape index (κ2) is 6.73. The van der Waals surface area contributed by atoms with Gasteiger partial charge in [0.2, 0.25) is 0 Å². The molecule has 2 aliphatic rings. The molecule has 2 nitrogen and oxygen atoms in total. The van der Waals surface area contributed by atoms with Crippen molar-refractivity contribution in [3.05, 3.63) is 35.9 Å². The molecule has 2 unspecified atom stereocenters. The number of rotatable bonds is 4. The van der Waals surface area contributed by atoms with E-state index in [-0.39, 0.29) is 0 Å². The lowest BCUT2D eigenvalue weighted by Gasteiger charge is -2.44. The summed E-state index contributed by atoms with van der Waals surface area (Å²) in [4.78, 5) is 2.82. The molecule has 0 aromatic heterocycles. The average Bonchev–Trinajstić information content (AvgIpc) is 3.03. The van der Waals surface area contributed by atoms with Gasteiger partial charge in [-0.25, -0.2) is 0 Å². The largest absolute Gasteiger partial charge is 0.311 e. The molecule has 0 bridgehead atoms. The van der Waals surface area contributed by atoms with E-state index in [1.165, 1.54) is 50.6 Å². The van der Waals surface area contributed by atoms with E-state index in [0.29, 0.717) is 12.1 Å². The predicted molar refractivity (Wildman–Crippen MR) is 84.8 cm³/mol. The quantitative estimate of drug-likeness (QED) is 0.898. The van der Waals surface area contributed by atoms with Gasteiger partial charge in [0.1, 0.15) is 0 Å². The summed E-state index contributed by atoms with van der Waals surface area (Å²) in [7, 11) is 0. The van der Waals surface area contributed by atoms with Gasteiger partial charge in [-0.05, 0) is 24.8 Å². The first-order chi connectivity index (χ1) is 9.88. The molecule has 1 aromatic rings. The fourth-order valence-electron chi connectivity index (χ4n) is 4.01. The third-order valence-electron chi connectivity index (χ3n) is 5.05. The van der Waals surface area contributed by atoms with Crippen LogP contribution in [0.4, 0.5) is 0 Å². The molecule has 2 fully saturated rings. The van der Waals surface area contributed by atoms with Crippen LogP contribution in [0.15, 0.2) is 30.3 Å². The summed E-state index contributed by atoms with van der Waals surface area (Å²) in [6, 6.07) is 13.2. The van der Waals surface area contributed by atoms with Crippen molar-refractivity contribution in [3.63, 3.8) is 0 Å². The van der Waals surface area contributed by atoms with E-state index in [1.54, 1.807) is 0 Å². The number of hydrogen-bond donors (Lipinski definition) is 1. The molecule has 0 amide bonds. The van der Waals surface area contributed by atoms with Gasteiger partial charge in [0.15, 0.2) is 0 Å². The summed E-state index contributed by atoms with van der Waals surface area (Å²) < 4.78 is 0. The van der Waals surface area contributed by atoms with E-state index in [9.17, 15) is 0 Å². The van der Waals surface area contributed by atoms with Crippen LogP contribution in [0.5, 0.6) is 0 Å². The van der Waals surface area contributed by atoms with E-state index in [0.717, 1.165) is 12.6 Å². The second-order valence-corrected chi connectivity index (χ2v) is 6.46. The summed E-state index contributed by atoms with van der Waals surface area (Å²) in [5, 5.41) is 3.78. The molecule has 0 spiro atoms. The van der Waals surface area contributed by atoms with E-state index in [1.807, 2.05) is 0 Å². The van der Waals surface area contributed by atoms with Crippen molar-refractivity contribution in [2.75, 3.05) is 13.1 Å². The van der Waals surface area contributed by atoms with Crippen LogP contribution in [0.2, 0.25) is 0 Å². The first-order valence-electron chi connectivity index (χ1n) is 8.42. The van der Waals surface area contributed by atoms with E-state index in [4.69, 9.17) is 0 Å². The smallest absolute Gasteiger partial charge is 0.0476 e. The fraction of sp³-hybridized carbons (Fsp3) is 0.667. The van der Waals surface area contributed by atoms with Crippen LogP contribution in [-0.4, -0.2) is 30.1 Å². The van der Waals surface area contributed by atoms with Crippen LogP contribution < -0.4 is 5.32 Å². The number of benzene rings is 1. The number of nitrogens with zero attached hydrogens (tertiary/aromatic N) is 1. The molecule has 1 aromatic carbocycles. The van der Waals surface area contributed by atoms with E-state index in [2.05, 4.69) is 47.5 Å². The Morgan fingerprint density at radius 2 is 1.90 bits per heavy atom. The number of piperazine rings is 1. The maximum absolute atomic E-state index is 3.78. The summed E-state index contributed by atoms with van der Waals surface area (Å²) in [6.45, 7) is 4.65. The van der Waals surface area contributed by atoms with Crippen LogP contribution in [0, 0.1) is 0 Å². The molecule has 20 heavy (non-hydrogen) atoms. The highest BCUT2D eigenvalue weighted by Gasteiger charge is 2.34. The molecule has 110 valence electrons. The summed E-state index contributed by atoms with van der Waals surface area (Å²) in [5.41, 5.74) is 1.49. The molecule has 1 saturated heterocycles. The Morgan fingerprint density at radius 1 is 1.15 bits per heavy atom. The second-order valence-electron chi connectivity index (χ2n) is 6.46. The predicted octanol–water partition coefficient (Wildman–Crippen LogP) is 3.74. The van der Waals surface area contributed by atoms with Gasteiger partial charge in [0, 0.05) is 31.2 Å². The normalized spacial score (nSPS) is 28.9. The van der Waals surface area contributed by atoms with Gasteiger partial charge in [-0.2, -0.15) is 0 Å². The van der Waals surface area contributed by atoms with Gasteiger partial charge in [0.05, 0.1) is 0 Å². The first-order valence-corrected chi connectivity index (χ1v) is 8.42. The lowest BCUT2D eigenvalue weighted by Crippen LogP contribution is -2.54. The zero-order valence-electron chi connectivity index (χ0n) is 12.7. The third-order valence-corrected chi connectivity index (χ3v) is 5.05. The van der Waals surface area contributed by atoms with Gasteiger partial charge in [0.25, 0.3) is 0 Å². The van der Waals surface area contributed by atoms with Crippen molar-refractivity contribution in [3.8, 4) is 0 Å². The maximum atomic E-state index is 3.78. The minimum atomic E-state index is 0.576. The van der Waals surface area contributed by atoms with Crippen LogP contribution in [0.25, 0.3) is 0 Å². The standard InChI is InChI=1S/C18H28N2/c1-2-8-16-14-20(17-11-6-7-12-17)18(13-19-16)15-9-4-3-5-10-15/h3-5,9-10,16-19H,2,6-8,11-14H2,1H3. The van der Waals surface area contributed by atoms with Gasteiger partial charge in [-0.3, -0.25) is 4.90 Å². The van der Waals surface area contributed by atoms with Crippen molar-refractivity contribution < 1.29 is 0 Å². The Bertz CT molecular complexity index is 397. The molecular weight excluding hydrogens is 244 g/mol. The Hall–Kier alpha value is -0.860. The number of hydrogen-bond acceptors (Lipinski definition) is 2. The van der Waals surface area contributed by atoms with Crippen molar-refractivity contribution in [2.45, 2.75) is 63.6 Å². The molecule has 2 heteroatoms. The molecule has 1 saturated carbocycles. The van der Waals surface area contributed by atoms with Crippen LogP contribution in [0.3, 0.4) is 0 Å². The number of nitrogens with one attached hydrogen (secondary N) is 1. The molecule has 1 aliphatic carbocycles. The Labute approximate surface area is 123 Å². The van der Waals surface area contributed by atoms with Gasteiger partial charge in [-0.1, -0.05) is 56.5 Å². The topological polar surface area (TPSA) is 15.3 Å². The van der Waals surface area contributed by atoms with Crippen LogP contribution in [0.1, 0.15) is 57.1 Å². The van der Waals surface area contributed by atoms with Crippen molar-refractivity contribution in [2.24, 2.45) is 0 Å². The monoisotopic (exact) mass is 272 g/mol. The van der Waals surface area contributed by atoms with Gasteiger partial charge >= 0.3 is 0 Å².